The molecule has 0 aliphatic carbocycles. The predicted molar refractivity (Wildman–Crippen MR) is 143 cm³/mol. The Kier molecular flexibility index (Phi) is 8.04. The number of hydrogen-bond donors (Lipinski definition) is 1. The number of likely N-dealkylation sites (tertiary alicyclic amines) is 1. The van der Waals surface area contributed by atoms with Crippen molar-refractivity contribution in [1.82, 2.24) is 19.3 Å². The van der Waals surface area contributed by atoms with Crippen LogP contribution in [0.4, 0.5) is 5.69 Å². The van der Waals surface area contributed by atoms with Crippen LogP contribution in [0.1, 0.15) is 38.0 Å². The molecule has 1 N–H and O–H groups in total. The van der Waals surface area contributed by atoms with E-state index in [0.717, 1.165) is 55.2 Å². The maximum atomic E-state index is 12.8. The van der Waals surface area contributed by atoms with Crippen LogP contribution in [-0.4, -0.2) is 59.8 Å². The van der Waals surface area contributed by atoms with Gasteiger partial charge in [0.15, 0.2) is 0 Å². The van der Waals surface area contributed by atoms with Gasteiger partial charge in [0.25, 0.3) is 0 Å². The van der Waals surface area contributed by atoms with Crippen LogP contribution in [0.25, 0.3) is 11.4 Å². The first kappa shape index (κ1) is 26.0. The molecule has 5 rings (SSSR count). The molecule has 2 aliphatic rings. The molecular formula is C26H30BrN5O4S. The van der Waals surface area contributed by atoms with Crippen LogP contribution in [0.15, 0.2) is 62.4 Å². The van der Waals surface area contributed by atoms with Crippen molar-refractivity contribution < 1.29 is 17.7 Å². The third-order valence-corrected chi connectivity index (χ3v) is 9.35. The number of nitrogens with zero attached hydrogens (tertiary/aromatic N) is 4. The summed E-state index contributed by atoms with van der Waals surface area (Å²) in [4.78, 5) is 19.8. The number of aromatic nitrogens is 2. The molecule has 0 spiro atoms. The van der Waals surface area contributed by atoms with Crippen molar-refractivity contribution in [2.75, 3.05) is 31.5 Å². The van der Waals surface area contributed by atoms with Crippen LogP contribution in [0, 0.1) is 5.92 Å². The Hall–Kier alpha value is -2.60. The number of halogens is 1. The van der Waals surface area contributed by atoms with Crippen LogP contribution in [0.3, 0.4) is 0 Å². The summed E-state index contributed by atoms with van der Waals surface area (Å²) in [6.07, 6.45) is 4.31. The fourth-order valence-electron chi connectivity index (χ4n) is 4.82. The molecule has 3 aromatic rings. The monoisotopic (exact) mass is 587 g/mol. The molecule has 2 saturated heterocycles. The second kappa shape index (κ2) is 11.4. The van der Waals surface area contributed by atoms with Gasteiger partial charge in [0.05, 0.1) is 11.4 Å². The van der Waals surface area contributed by atoms with Crippen LogP contribution in [-0.2, 0) is 21.4 Å². The van der Waals surface area contributed by atoms with Crippen molar-refractivity contribution in [2.45, 2.75) is 43.5 Å². The van der Waals surface area contributed by atoms with E-state index in [1.54, 1.807) is 28.6 Å². The molecule has 0 atom stereocenters. The molecule has 2 aromatic carbocycles. The lowest BCUT2D eigenvalue weighted by Gasteiger charge is -2.30. The number of piperidine rings is 2. The van der Waals surface area contributed by atoms with Crippen LogP contribution >= 0.6 is 15.9 Å². The molecule has 9 nitrogen and oxygen atoms in total. The first-order valence-electron chi connectivity index (χ1n) is 12.6. The normalized spacial score (nSPS) is 18.1. The van der Waals surface area contributed by atoms with Crippen molar-refractivity contribution >= 4 is 37.5 Å². The average molecular weight is 589 g/mol. The van der Waals surface area contributed by atoms with E-state index in [1.165, 1.54) is 0 Å². The summed E-state index contributed by atoms with van der Waals surface area (Å²) in [5.74, 6) is 0.965. The van der Waals surface area contributed by atoms with Gasteiger partial charge in [-0.25, -0.2) is 8.42 Å². The van der Waals surface area contributed by atoms with Gasteiger partial charge in [0, 0.05) is 34.7 Å². The second-order valence-corrected chi connectivity index (χ2v) is 12.4. The molecular weight excluding hydrogens is 558 g/mol. The van der Waals surface area contributed by atoms with Crippen molar-refractivity contribution in [3.05, 3.63) is 58.9 Å². The first-order valence-corrected chi connectivity index (χ1v) is 14.8. The van der Waals surface area contributed by atoms with Crippen molar-refractivity contribution in [3.63, 3.8) is 0 Å². The lowest BCUT2D eigenvalue weighted by Crippen LogP contribution is -2.37. The zero-order valence-electron chi connectivity index (χ0n) is 20.5. The average Bonchev–Trinajstić information content (AvgIpc) is 3.38. The highest BCUT2D eigenvalue weighted by atomic mass is 79.9. The topological polar surface area (TPSA) is 109 Å². The van der Waals surface area contributed by atoms with Crippen molar-refractivity contribution in [3.8, 4) is 11.4 Å². The number of rotatable bonds is 7. The van der Waals surface area contributed by atoms with E-state index in [1.807, 2.05) is 24.3 Å². The minimum atomic E-state index is -3.48. The molecule has 37 heavy (non-hydrogen) atoms. The molecule has 2 fully saturated rings. The highest BCUT2D eigenvalue weighted by molar-refractivity contribution is 9.10. The molecule has 2 aliphatic heterocycles. The Bertz CT molecular complexity index is 1330. The van der Waals surface area contributed by atoms with Gasteiger partial charge >= 0.3 is 0 Å². The zero-order chi connectivity index (χ0) is 25.8. The second-order valence-electron chi connectivity index (χ2n) is 9.55. The maximum Gasteiger partial charge on any atom is 0.243 e. The van der Waals surface area contributed by atoms with Gasteiger partial charge in [0.1, 0.15) is 0 Å². The Labute approximate surface area is 225 Å². The molecule has 0 bridgehead atoms. The molecule has 0 radical (unpaired) electrons. The van der Waals surface area contributed by atoms with Gasteiger partial charge in [-0.2, -0.15) is 9.29 Å². The number of amides is 1. The van der Waals surface area contributed by atoms with Crippen LogP contribution in [0.5, 0.6) is 0 Å². The van der Waals surface area contributed by atoms with Crippen LogP contribution in [0.2, 0.25) is 0 Å². The first-order chi connectivity index (χ1) is 17.9. The SMILES string of the molecule is O=C(Nc1ccc(S(=O)(=O)N2CCCCC2)cc1)C1CCN(Cc2nc(-c3cccc(Br)c3)no2)CC1. The van der Waals surface area contributed by atoms with Crippen molar-refractivity contribution in [2.24, 2.45) is 5.92 Å². The largest absolute Gasteiger partial charge is 0.338 e. The summed E-state index contributed by atoms with van der Waals surface area (Å²) in [7, 11) is -3.48. The van der Waals surface area contributed by atoms with Gasteiger partial charge in [-0.15, -0.1) is 0 Å². The number of carbonyl (C=O) groups excluding carboxylic acids is 1. The van der Waals surface area contributed by atoms with E-state index in [2.05, 4.69) is 36.3 Å². The van der Waals surface area contributed by atoms with E-state index in [4.69, 9.17) is 4.52 Å². The van der Waals surface area contributed by atoms with Gasteiger partial charge in [0.2, 0.25) is 27.6 Å². The minimum Gasteiger partial charge on any atom is -0.338 e. The summed E-state index contributed by atoms with van der Waals surface area (Å²) in [6.45, 7) is 3.18. The smallest absolute Gasteiger partial charge is 0.243 e. The number of nitrogens with one attached hydrogen (secondary N) is 1. The number of hydrogen-bond acceptors (Lipinski definition) is 7. The van der Waals surface area contributed by atoms with Crippen LogP contribution < -0.4 is 5.32 Å². The number of sulfonamides is 1. The highest BCUT2D eigenvalue weighted by Gasteiger charge is 2.28. The summed E-state index contributed by atoms with van der Waals surface area (Å²) in [5, 5.41) is 7.04. The van der Waals surface area contributed by atoms with Gasteiger partial charge < -0.3 is 9.84 Å². The van der Waals surface area contributed by atoms with Gasteiger partial charge in [-0.3, -0.25) is 9.69 Å². The van der Waals surface area contributed by atoms with Gasteiger partial charge in [-0.1, -0.05) is 39.6 Å². The third kappa shape index (κ3) is 6.28. The molecule has 1 aromatic heterocycles. The number of carbonyl (C=O) groups is 1. The van der Waals surface area contributed by atoms with E-state index < -0.39 is 10.0 Å². The van der Waals surface area contributed by atoms with E-state index in [0.29, 0.717) is 37.0 Å². The van der Waals surface area contributed by atoms with E-state index in [9.17, 15) is 13.2 Å². The molecule has 0 unspecified atom stereocenters. The molecule has 196 valence electrons. The summed E-state index contributed by atoms with van der Waals surface area (Å²) >= 11 is 3.46. The molecule has 0 saturated carbocycles. The number of benzene rings is 2. The third-order valence-electron chi connectivity index (χ3n) is 6.94. The fraction of sp³-hybridized carbons (Fsp3) is 0.423. The lowest BCUT2D eigenvalue weighted by atomic mass is 9.96. The highest BCUT2D eigenvalue weighted by Crippen LogP contribution is 2.25. The van der Waals surface area contributed by atoms with E-state index >= 15 is 0 Å². The Morgan fingerprint density at radius 2 is 1.76 bits per heavy atom. The minimum absolute atomic E-state index is 0.0407. The molecule has 3 heterocycles. The molecule has 1 amide bonds. The summed E-state index contributed by atoms with van der Waals surface area (Å²) in [6, 6.07) is 14.2. The predicted octanol–water partition coefficient (Wildman–Crippen LogP) is 4.52. The quantitative estimate of drug-likeness (QED) is 0.432. The number of anilines is 1. The fourth-order valence-corrected chi connectivity index (χ4v) is 6.73. The zero-order valence-corrected chi connectivity index (χ0v) is 22.9. The van der Waals surface area contributed by atoms with Crippen molar-refractivity contribution in [1.29, 1.82) is 0 Å². The standard InChI is InChI=1S/C26H30BrN5O4S/c27-21-6-4-5-20(17-21)25-29-24(36-30-25)18-31-15-11-19(12-16-31)26(33)28-22-7-9-23(10-8-22)37(34,35)32-13-2-1-3-14-32/h4-10,17,19H,1-3,11-16,18H2,(H,28,33). The lowest BCUT2D eigenvalue weighted by molar-refractivity contribution is -0.121. The molecule has 11 heteroatoms. The Morgan fingerprint density at radius 3 is 2.46 bits per heavy atom. The maximum absolute atomic E-state index is 12.8. The summed E-state index contributed by atoms with van der Waals surface area (Å²) < 4.78 is 33.6. The Morgan fingerprint density at radius 1 is 1.03 bits per heavy atom. The van der Waals surface area contributed by atoms with E-state index in [-0.39, 0.29) is 16.7 Å². The summed E-state index contributed by atoms with van der Waals surface area (Å²) in [5.41, 5.74) is 1.49. The Balaban J connectivity index is 1.11. The van der Waals surface area contributed by atoms with Gasteiger partial charge in [-0.05, 0) is 75.2 Å².